The number of halogens is 1. The maximum atomic E-state index is 12.2. The van der Waals surface area contributed by atoms with Gasteiger partial charge in [-0.05, 0) is 38.1 Å². The van der Waals surface area contributed by atoms with E-state index in [9.17, 15) is 4.79 Å². The predicted molar refractivity (Wildman–Crippen MR) is 103 cm³/mol. The van der Waals surface area contributed by atoms with Gasteiger partial charge >= 0.3 is 5.97 Å². The Bertz CT molecular complexity index is 902. The number of esters is 1. The van der Waals surface area contributed by atoms with Crippen LogP contribution in [0.3, 0.4) is 0 Å². The number of hydrogen-bond donors (Lipinski definition) is 0. The van der Waals surface area contributed by atoms with E-state index >= 15 is 0 Å². The number of thiazole rings is 1. The number of carbonyl (C=O) groups excluding carboxylic acids is 1. The molecule has 0 radical (unpaired) electrons. The molecule has 25 heavy (non-hydrogen) atoms. The zero-order valence-corrected chi connectivity index (χ0v) is 15.6. The van der Waals surface area contributed by atoms with Crippen LogP contribution in [0.5, 0.6) is 0 Å². The lowest BCUT2D eigenvalue weighted by molar-refractivity contribution is 0.0531. The van der Waals surface area contributed by atoms with Gasteiger partial charge in [0.1, 0.15) is 4.88 Å². The summed E-state index contributed by atoms with van der Waals surface area (Å²) in [5.74, 6) is -0.306. The molecular weight excluding hydrogens is 356 g/mol. The molecule has 0 unspecified atom stereocenters. The molecule has 0 saturated carbocycles. The van der Waals surface area contributed by atoms with Crippen molar-refractivity contribution in [2.75, 3.05) is 6.61 Å². The molecule has 6 heteroatoms. The zero-order chi connectivity index (χ0) is 16.9. The first kappa shape index (κ1) is 19.0. The first-order valence-corrected chi connectivity index (χ1v) is 8.57. The molecule has 0 fully saturated rings. The maximum Gasteiger partial charge on any atom is 0.350 e. The minimum absolute atomic E-state index is 0. The van der Waals surface area contributed by atoms with E-state index in [0.717, 1.165) is 21.9 Å². The quantitative estimate of drug-likeness (QED) is 0.622. The molecule has 1 heterocycles. The predicted octanol–water partition coefficient (Wildman–Crippen LogP) is 4.68. The molecule has 0 atom stereocenters. The van der Waals surface area contributed by atoms with Crippen LogP contribution in [0.25, 0.3) is 5.69 Å². The summed E-state index contributed by atoms with van der Waals surface area (Å²) >= 11 is 1.35. The molecule has 0 N–H and O–H groups in total. The molecule has 4 nitrogen and oxygen atoms in total. The van der Waals surface area contributed by atoms with Crippen molar-refractivity contribution in [3.63, 3.8) is 0 Å². The fraction of sp³-hybridized carbons (Fsp3) is 0.158. The molecule has 0 spiro atoms. The van der Waals surface area contributed by atoms with Crippen LogP contribution in [0.4, 0.5) is 5.69 Å². The Morgan fingerprint density at radius 3 is 2.28 bits per heavy atom. The summed E-state index contributed by atoms with van der Waals surface area (Å²) in [4.78, 5) is 18.3. The van der Waals surface area contributed by atoms with Gasteiger partial charge in [-0.25, -0.2) is 9.79 Å². The Balaban J connectivity index is 0.00000225. The second-order valence-corrected chi connectivity index (χ2v) is 6.12. The third-order valence-electron chi connectivity index (χ3n) is 3.50. The molecule has 1 aromatic heterocycles. The summed E-state index contributed by atoms with van der Waals surface area (Å²) < 4.78 is 7.17. The van der Waals surface area contributed by atoms with Crippen molar-refractivity contribution in [1.29, 1.82) is 0 Å². The number of nitrogens with zero attached hydrogens (tertiary/aromatic N) is 2. The van der Waals surface area contributed by atoms with Gasteiger partial charge in [-0.2, -0.15) is 0 Å². The first-order valence-electron chi connectivity index (χ1n) is 7.75. The smallest absolute Gasteiger partial charge is 0.350 e. The molecule has 2 aromatic carbocycles. The summed E-state index contributed by atoms with van der Waals surface area (Å²) in [7, 11) is 0. The van der Waals surface area contributed by atoms with E-state index < -0.39 is 0 Å². The third kappa shape index (κ3) is 4.18. The van der Waals surface area contributed by atoms with E-state index in [4.69, 9.17) is 9.73 Å². The SMILES string of the molecule is CCOC(=O)c1sc(=Nc2ccccc2)n(-c2ccccc2)c1C.Cl. The van der Waals surface area contributed by atoms with E-state index in [-0.39, 0.29) is 18.4 Å². The van der Waals surface area contributed by atoms with Crippen LogP contribution in [0.1, 0.15) is 22.3 Å². The standard InChI is InChI=1S/C19H18N2O2S.ClH/c1-3-23-18(22)17-14(2)21(16-12-8-5-9-13-16)19(24-17)20-15-10-6-4-7-11-15;/h4-13H,3H2,1-2H3;1H. The highest BCUT2D eigenvalue weighted by Crippen LogP contribution is 2.19. The molecule has 3 rings (SSSR count). The molecule has 0 bridgehead atoms. The Kier molecular flexibility index (Phi) is 6.56. The van der Waals surface area contributed by atoms with Gasteiger partial charge in [0.25, 0.3) is 0 Å². The van der Waals surface area contributed by atoms with Crippen molar-refractivity contribution >= 4 is 35.4 Å². The van der Waals surface area contributed by atoms with Gasteiger partial charge in [0.2, 0.25) is 0 Å². The Labute approximate surface area is 156 Å². The molecule has 0 aliphatic heterocycles. The van der Waals surface area contributed by atoms with Crippen molar-refractivity contribution in [3.8, 4) is 5.69 Å². The summed E-state index contributed by atoms with van der Waals surface area (Å²) in [5.41, 5.74) is 2.65. The third-order valence-corrected chi connectivity index (χ3v) is 4.63. The van der Waals surface area contributed by atoms with Crippen molar-refractivity contribution in [1.82, 2.24) is 4.57 Å². The van der Waals surface area contributed by atoms with Gasteiger partial charge in [-0.15, -0.1) is 12.4 Å². The zero-order valence-electron chi connectivity index (χ0n) is 14.0. The summed E-state index contributed by atoms with van der Waals surface area (Å²) in [5, 5.41) is 0. The minimum Gasteiger partial charge on any atom is -0.462 e. The second kappa shape index (κ2) is 8.65. The second-order valence-electron chi connectivity index (χ2n) is 5.14. The van der Waals surface area contributed by atoms with Gasteiger partial charge in [0.05, 0.1) is 12.3 Å². The number of aromatic nitrogens is 1. The monoisotopic (exact) mass is 374 g/mol. The summed E-state index contributed by atoms with van der Waals surface area (Å²) in [6.45, 7) is 4.08. The lowest BCUT2D eigenvalue weighted by Gasteiger charge is -2.06. The van der Waals surface area contributed by atoms with E-state index in [1.165, 1.54) is 11.3 Å². The fourth-order valence-corrected chi connectivity index (χ4v) is 3.46. The Morgan fingerprint density at radius 2 is 1.68 bits per heavy atom. The molecule has 0 aliphatic rings. The van der Waals surface area contributed by atoms with Crippen LogP contribution in [-0.4, -0.2) is 17.1 Å². The van der Waals surface area contributed by atoms with Crippen molar-refractivity contribution in [2.24, 2.45) is 4.99 Å². The number of hydrogen-bond acceptors (Lipinski definition) is 4. The number of para-hydroxylation sites is 2. The first-order chi connectivity index (χ1) is 11.7. The average molecular weight is 375 g/mol. The number of carbonyl (C=O) groups is 1. The van der Waals surface area contributed by atoms with E-state index in [1.807, 2.05) is 72.2 Å². The highest BCUT2D eigenvalue weighted by molar-refractivity contribution is 7.11. The maximum absolute atomic E-state index is 12.2. The number of rotatable bonds is 4. The molecule has 130 valence electrons. The van der Waals surface area contributed by atoms with Gasteiger partial charge in [-0.3, -0.25) is 4.57 Å². The van der Waals surface area contributed by atoms with Gasteiger partial charge < -0.3 is 4.74 Å². The van der Waals surface area contributed by atoms with Crippen LogP contribution in [-0.2, 0) is 4.74 Å². The molecule has 0 saturated heterocycles. The summed E-state index contributed by atoms with van der Waals surface area (Å²) in [6, 6.07) is 19.6. The van der Waals surface area contributed by atoms with Gasteiger partial charge in [0, 0.05) is 11.4 Å². The topological polar surface area (TPSA) is 43.6 Å². The average Bonchev–Trinajstić information content (AvgIpc) is 2.93. The van der Waals surface area contributed by atoms with E-state index in [0.29, 0.717) is 11.5 Å². The summed E-state index contributed by atoms with van der Waals surface area (Å²) in [6.07, 6.45) is 0. The molecular formula is C19H19ClN2O2S. The molecule has 3 aromatic rings. The van der Waals surface area contributed by atoms with E-state index in [1.54, 1.807) is 6.92 Å². The number of ether oxygens (including phenoxy) is 1. The Hall–Kier alpha value is -2.37. The van der Waals surface area contributed by atoms with E-state index in [2.05, 4.69) is 0 Å². The highest BCUT2D eigenvalue weighted by Gasteiger charge is 2.18. The van der Waals surface area contributed by atoms with Crippen LogP contribution in [0.15, 0.2) is 65.7 Å². The van der Waals surface area contributed by atoms with Crippen molar-refractivity contribution in [2.45, 2.75) is 13.8 Å². The lowest BCUT2D eigenvalue weighted by atomic mass is 10.3. The van der Waals surface area contributed by atoms with Gasteiger partial charge in [0.15, 0.2) is 4.80 Å². The van der Waals surface area contributed by atoms with Gasteiger partial charge in [-0.1, -0.05) is 47.7 Å². The highest BCUT2D eigenvalue weighted by atomic mass is 35.5. The lowest BCUT2D eigenvalue weighted by Crippen LogP contribution is -2.14. The normalized spacial score (nSPS) is 11.0. The largest absolute Gasteiger partial charge is 0.462 e. The molecule has 0 amide bonds. The Morgan fingerprint density at radius 1 is 1.08 bits per heavy atom. The van der Waals surface area contributed by atoms with Crippen LogP contribution in [0.2, 0.25) is 0 Å². The number of benzene rings is 2. The molecule has 0 aliphatic carbocycles. The van der Waals surface area contributed by atoms with Crippen molar-refractivity contribution in [3.05, 3.63) is 76.0 Å². The van der Waals surface area contributed by atoms with Crippen molar-refractivity contribution < 1.29 is 9.53 Å². The fourth-order valence-electron chi connectivity index (χ4n) is 2.41. The minimum atomic E-state index is -0.306. The van der Waals surface area contributed by atoms with Crippen LogP contribution < -0.4 is 4.80 Å². The van der Waals surface area contributed by atoms with Crippen LogP contribution >= 0.6 is 23.7 Å². The van der Waals surface area contributed by atoms with Crippen LogP contribution in [0, 0.1) is 6.92 Å².